The SMILES string of the molecule is CN1CCN(C)C(C(C)(C)C(=O)NCCC(=O)NCCC(=O)NCCC(=O)ON2C(=O)CCC2=O)C1. The first-order chi connectivity index (χ1) is 16.9. The Bertz CT molecular complexity index is 846. The van der Waals surface area contributed by atoms with Crippen LogP contribution in [-0.2, 0) is 33.6 Å². The maximum Gasteiger partial charge on any atom is 0.334 e. The number of amides is 5. The quantitative estimate of drug-likeness (QED) is 0.263. The highest BCUT2D eigenvalue weighted by molar-refractivity contribution is 6.01. The summed E-state index contributed by atoms with van der Waals surface area (Å²) in [6.45, 7) is 6.71. The minimum Gasteiger partial charge on any atom is -0.356 e. The zero-order chi connectivity index (χ0) is 26.9. The lowest BCUT2D eigenvalue weighted by Gasteiger charge is -2.45. The molecule has 0 spiro atoms. The second-order valence-corrected chi connectivity index (χ2v) is 9.73. The molecule has 1 unspecified atom stereocenters. The number of rotatable bonds is 12. The van der Waals surface area contributed by atoms with Crippen LogP contribution >= 0.6 is 0 Å². The van der Waals surface area contributed by atoms with E-state index >= 15 is 0 Å². The number of carbonyl (C=O) groups excluding carboxylic acids is 6. The van der Waals surface area contributed by atoms with Crippen LogP contribution in [0.5, 0.6) is 0 Å². The van der Waals surface area contributed by atoms with Gasteiger partial charge in [-0.15, -0.1) is 5.06 Å². The number of likely N-dealkylation sites (N-methyl/N-ethyl adjacent to an activating group) is 2. The lowest BCUT2D eigenvalue weighted by Crippen LogP contribution is -2.60. The van der Waals surface area contributed by atoms with E-state index in [2.05, 4.69) is 25.8 Å². The van der Waals surface area contributed by atoms with E-state index in [-0.39, 0.29) is 75.5 Å². The minimum absolute atomic E-state index is 0.00477. The number of hydrogen-bond donors (Lipinski definition) is 3. The molecule has 13 nitrogen and oxygen atoms in total. The van der Waals surface area contributed by atoms with Crippen molar-refractivity contribution in [2.24, 2.45) is 5.41 Å². The van der Waals surface area contributed by atoms with Crippen molar-refractivity contribution in [1.82, 2.24) is 30.8 Å². The lowest BCUT2D eigenvalue weighted by molar-refractivity contribution is -0.197. The Morgan fingerprint density at radius 3 is 1.97 bits per heavy atom. The van der Waals surface area contributed by atoms with E-state index in [0.717, 1.165) is 19.6 Å². The second kappa shape index (κ2) is 13.3. The summed E-state index contributed by atoms with van der Waals surface area (Å²) in [4.78, 5) is 80.3. The first-order valence-corrected chi connectivity index (χ1v) is 12.2. The third kappa shape index (κ3) is 8.55. The maximum absolute atomic E-state index is 12.8. The van der Waals surface area contributed by atoms with Crippen LogP contribution in [0.2, 0.25) is 0 Å². The number of nitrogens with zero attached hydrogens (tertiary/aromatic N) is 3. The summed E-state index contributed by atoms with van der Waals surface area (Å²) in [6, 6.07) is 0.0654. The molecule has 0 aliphatic carbocycles. The average Bonchev–Trinajstić information content (AvgIpc) is 3.12. The molecule has 0 aromatic heterocycles. The molecule has 2 heterocycles. The van der Waals surface area contributed by atoms with E-state index in [0.29, 0.717) is 5.06 Å². The molecule has 36 heavy (non-hydrogen) atoms. The van der Waals surface area contributed by atoms with Crippen molar-refractivity contribution in [3.63, 3.8) is 0 Å². The summed E-state index contributed by atoms with van der Waals surface area (Å²) >= 11 is 0. The molecule has 2 saturated heterocycles. The van der Waals surface area contributed by atoms with E-state index in [4.69, 9.17) is 4.84 Å². The molecule has 1 atom stereocenters. The highest BCUT2D eigenvalue weighted by Gasteiger charge is 2.41. The first-order valence-electron chi connectivity index (χ1n) is 12.2. The normalized spacial score (nSPS) is 19.2. The molecule has 0 radical (unpaired) electrons. The van der Waals surface area contributed by atoms with Gasteiger partial charge in [-0.1, -0.05) is 0 Å². The molecule has 0 aromatic rings. The van der Waals surface area contributed by atoms with Crippen LogP contribution in [0, 0.1) is 5.41 Å². The third-order valence-corrected chi connectivity index (χ3v) is 6.43. The maximum atomic E-state index is 12.8. The number of piperazine rings is 1. The van der Waals surface area contributed by atoms with Gasteiger partial charge in [0.05, 0.1) is 11.8 Å². The van der Waals surface area contributed by atoms with Crippen LogP contribution < -0.4 is 16.0 Å². The van der Waals surface area contributed by atoms with Crippen molar-refractivity contribution in [2.75, 3.05) is 53.4 Å². The van der Waals surface area contributed by atoms with Crippen molar-refractivity contribution < 1.29 is 33.6 Å². The van der Waals surface area contributed by atoms with Crippen LogP contribution in [0.4, 0.5) is 0 Å². The number of hydrogen-bond acceptors (Lipinski definition) is 9. The zero-order valence-electron chi connectivity index (χ0n) is 21.6. The largest absolute Gasteiger partial charge is 0.356 e. The van der Waals surface area contributed by atoms with Gasteiger partial charge in [0, 0.05) is 71.0 Å². The summed E-state index contributed by atoms with van der Waals surface area (Å²) in [5.41, 5.74) is -0.621. The van der Waals surface area contributed by atoms with Crippen molar-refractivity contribution in [1.29, 1.82) is 0 Å². The Labute approximate surface area is 211 Å². The molecule has 2 aliphatic heterocycles. The summed E-state index contributed by atoms with van der Waals surface area (Å²) in [7, 11) is 4.05. The van der Waals surface area contributed by atoms with Gasteiger partial charge in [-0.05, 0) is 27.9 Å². The Hall–Kier alpha value is -3.06. The van der Waals surface area contributed by atoms with Crippen LogP contribution in [0.3, 0.4) is 0 Å². The Kier molecular flexibility index (Phi) is 10.8. The molecule has 5 amide bonds. The predicted molar refractivity (Wildman–Crippen MR) is 128 cm³/mol. The molecule has 202 valence electrons. The molecule has 13 heteroatoms. The summed E-state index contributed by atoms with van der Waals surface area (Å²) in [6.07, 6.45) is -0.101. The molecule has 0 saturated carbocycles. The van der Waals surface area contributed by atoms with E-state index < -0.39 is 23.2 Å². The second-order valence-electron chi connectivity index (χ2n) is 9.73. The molecular weight excluding hydrogens is 472 g/mol. The van der Waals surface area contributed by atoms with Crippen molar-refractivity contribution in [3.8, 4) is 0 Å². The lowest BCUT2D eigenvalue weighted by atomic mass is 9.81. The van der Waals surface area contributed by atoms with Gasteiger partial charge in [0.2, 0.25) is 17.7 Å². The van der Waals surface area contributed by atoms with E-state index in [1.807, 2.05) is 27.9 Å². The highest BCUT2D eigenvalue weighted by Crippen LogP contribution is 2.27. The molecule has 2 rings (SSSR count). The molecule has 2 aliphatic rings. The Balaban J connectivity index is 1.57. The van der Waals surface area contributed by atoms with Crippen LogP contribution in [0.25, 0.3) is 0 Å². The number of imide groups is 1. The molecule has 3 N–H and O–H groups in total. The summed E-state index contributed by atoms with van der Waals surface area (Å²) < 4.78 is 0. The Morgan fingerprint density at radius 2 is 1.39 bits per heavy atom. The average molecular weight is 511 g/mol. The minimum atomic E-state index is -0.806. The fraction of sp³-hybridized carbons (Fsp3) is 0.739. The van der Waals surface area contributed by atoms with Crippen molar-refractivity contribution in [2.45, 2.75) is 52.0 Å². The van der Waals surface area contributed by atoms with E-state index in [9.17, 15) is 28.8 Å². The predicted octanol–water partition coefficient (Wildman–Crippen LogP) is -1.62. The topological polar surface area (TPSA) is 157 Å². The number of carbonyl (C=O) groups is 6. The van der Waals surface area contributed by atoms with Gasteiger partial charge in [0.25, 0.3) is 11.8 Å². The molecule has 2 fully saturated rings. The summed E-state index contributed by atoms with van der Waals surface area (Å²) in [5, 5.41) is 8.42. The van der Waals surface area contributed by atoms with Gasteiger partial charge < -0.3 is 25.7 Å². The fourth-order valence-electron chi connectivity index (χ4n) is 4.06. The number of hydroxylamine groups is 2. The summed E-state index contributed by atoms with van der Waals surface area (Å²) in [5.74, 6) is -2.73. The van der Waals surface area contributed by atoms with Gasteiger partial charge in [0.1, 0.15) is 0 Å². The van der Waals surface area contributed by atoms with Gasteiger partial charge in [0.15, 0.2) is 0 Å². The smallest absolute Gasteiger partial charge is 0.334 e. The molecular formula is C23H38N6O7. The zero-order valence-corrected chi connectivity index (χ0v) is 21.6. The standard InChI is InChI=1S/C23H38N6O7/c1-23(2,16-15-27(3)13-14-28(16)4)22(35)26-11-8-18(31)24-10-7-17(30)25-12-9-21(34)36-29-19(32)5-6-20(29)33/h16H,5-15H2,1-4H3,(H,24,31)(H,25,30)(H,26,35). The molecule has 0 aromatic carbocycles. The van der Waals surface area contributed by atoms with Crippen LogP contribution in [-0.4, -0.2) is 110 Å². The van der Waals surface area contributed by atoms with Crippen LogP contribution in [0.15, 0.2) is 0 Å². The third-order valence-electron chi connectivity index (χ3n) is 6.43. The monoisotopic (exact) mass is 510 g/mol. The van der Waals surface area contributed by atoms with Gasteiger partial charge in [-0.25, -0.2) is 4.79 Å². The van der Waals surface area contributed by atoms with Crippen molar-refractivity contribution in [3.05, 3.63) is 0 Å². The van der Waals surface area contributed by atoms with Gasteiger partial charge >= 0.3 is 5.97 Å². The van der Waals surface area contributed by atoms with Gasteiger partial charge in [-0.2, -0.15) is 0 Å². The Morgan fingerprint density at radius 1 is 0.861 bits per heavy atom. The number of nitrogens with one attached hydrogen (secondary N) is 3. The van der Waals surface area contributed by atoms with Crippen LogP contribution in [0.1, 0.15) is 46.0 Å². The molecule has 0 bridgehead atoms. The highest BCUT2D eigenvalue weighted by atomic mass is 16.7. The van der Waals surface area contributed by atoms with E-state index in [1.54, 1.807) is 0 Å². The van der Waals surface area contributed by atoms with Gasteiger partial charge in [-0.3, -0.25) is 28.9 Å². The van der Waals surface area contributed by atoms with Crippen molar-refractivity contribution >= 4 is 35.5 Å². The first kappa shape index (κ1) is 29.2. The van der Waals surface area contributed by atoms with E-state index in [1.165, 1.54) is 0 Å². The fourth-order valence-corrected chi connectivity index (χ4v) is 4.06.